The quantitative estimate of drug-likeness (QED) is 0.280. The molecule has 0 saturated carbocycles. The fraction of sp³-hybridized carbons (Fsp3) is 0.200. The minimum absolute atomic E-state index is 0.0981. The fourth-order valence-corrected chi connectivity index (χ4v) is 4.98. The summed E-state index contributed by atoms with van der Waals surface area (Å²) in [5.41, 5.74) is 4.31. The molecule has 0 fully saturated rings. The number of para-hydroxylation sites is 1. The molecule has 0 saturated heterocycles. The Kier molecular flexibility index (Phi) is 6.42. The molecule has 4 aromatic rings. The predicted octanol–water partition coefficient (Wildman–Crippen LogP) is 7.83. The Hall–Kier alpha value is -2.27. The number of rotatable bonds is 5. The van der Waals surface area contributed by atoms with E-state index in [0.717, 1.165) is 27.8 Å². The third kappa shape index (κ3) is 4.82. The molecule has 0 aliphatic carbocycles. The summed E-state index contributed by atoms with van der Waals surface area (Å²) in [4.78, 5) is 0. The Morgan fingerprint density at radius 2 is 1.45 bits per heavy atom. The molecule has 0 unspecified atom stereocenters. The highest BCUT2D eigenvalue weighted by Crippen LogP contribution is 2.34. The van der Waals surface area contributed by atoms with Crippen molar-refractivity contribution in [1.82, 2.24) is 14.8 Å². The molecule has 0 bridgehead atoms. The maximum Gasteiger partial charge on any atom is 0.196 e. The monoisotopic (exact) mass is 467 g/mol. The summed E-state index contributed by atoms with van der Waals surface area (Å²) in [6.07, 6.45) is 0. The number of benzene rings is 3. The fourth-order valence-electron chi connectivity index (χ4n) is 3.29. The first-order valence-electron chi connectivity index (χ1n) is 10.0. The lowest BCUT2D eigenvalue weighted by Gasteiger charge is -2.19. The largest absolute Gasteiger partial charge is 0.270 e. The van der Waals surface area contributed by atoms with Gasteiger partial charge in [-0.15, -0.1) is 10.2 Å². The molecule has 3 nitrogen and oxygen atoms in total. The maximum absolute atomic E-state index is 6.36. The van der Waals surface area contributed by atoms with Gasteiger partial charge in [0.2, 0.25) is 0 Å². The second kappa shape index (κ2) is 9.07. The topological polar surface area (TPSA) is 30.7 Å². The van der Waals surface area contributed by atoms with Gasteiger partial charge in [0, 0.05) is 27.0 Å². The Morgan fingerprint density at radius 1 is 0.806 bits per heavy atom. The van der Waals surface area contributed by atoms with Crippen molar-refractivity contribution in [1.29, 1.82) is 0 Å². The van der Waals surface area contributed by atoms with Crippen LogP contribution in [-0.2, 0) is 11.2 Å². The Labute approximate surface area is 197 Å². The van der Waals surface area contributed by atoms with Gasteiger partial charge in [0.05, 0.1) is 0 Å². The second-order valence-corrected chi connectivity index (χ2v) is 10.1. The van der Waals surface area contributed by atoms with Crippen molar-refractivity contribution in [3.63, 3.8) is 0 Å². The van der Waals surface area contributed by atoms with Gasteiger partial charge < -0.3 is 0 Å². The number of hydrogen-bond donors (Lipinski definition) is 0. The molecule has 6 heteroatoms. The summed E-state index contributed by atoms with van der Waals surface area (Å²) >= 11 is 14.3. The lowest BCUT2D eigenvalue weighted by atomic mass is 9.87. The Morgan fingerprint density at radius 3 is 2.06 bits per heavy atom. The first-order chi connectivity index (χ1) is 14.8. The number of thioether (sulfide) groups is 1. The molecule has 0 atom stereocenters. The third-order valence-corrected chi connectivity index (χ3v) is 6.73. The SMILES string of the molecule is CC(C)(C)c1ccc(-c2nnc(SCc3c(Cl)cccc3Cl)n2-c2ccccc2)cc1. The van der Waals surface area contributed by atoms with E-state index in [2.05, 4.69) is 71.9 Å². The van der Waals surface area contributed by atoms with E-state index in [1.54, 1.807) is 11.8 Å². The zero-order chi connectivity index (χ0) is 22.0. The predicted molar refractivity (Wildman–Crippen MR) is 132 cm³/mol. The molecular formula is C25H23Cl2N3S. The molecule has 158 valence electrons. The van der Waals surface area contributed by atoms with E-state index in [1.807, 2.05) is 36.4 Å². The molecule has 1 aromatic heterocycles. The summed E-state index contributed by atoms with van der Waals surface area (Å²) in [6.45, 7) is 6.63. The molecule has 0 aliphatic rings. The highest BCUT2D eigenvalue weighted by molar-refractivity contribution is 7.98. The van der Waals surface area contributed by atoms with Crippen molar-refractivity contribution in [2.24, 2.45) is 0 Å². The summed E-state index contributed by atoms with van der Waals surface area (Å²) in [6, 6.07) is 24.3. The summed E-state index contributed by atoms with van der Waals surface area (Å²) in [5, 5.41) is 11.1. The van der Waals surface area contributed by atoms with Crippen LogP contribution in [0.3, 0.4) is 0 Å². The molecule has 0 N–H and O–H groups in total. The van der Waals surface area contributed by atoms with Gasteiger partial charge in [0.1, 0.15) is 0 Å². The molecule has 0 amide bonds. The first kappa shape index (κ1) is 21.9. The van der Waals surface area contributed by atoms with Gasteiger partial charge in [-0.2, -0.15) is 0 Å². The smallest absolute Gasteiger partial charge is 0.196 e. The van der Waals surface area contributed by atoms with Crippen LogP contribution in [0.2, 0.25) is 10.0 Å². The van der Waals surface area contributed by atoms with Crippen LogP contribution in [0.25, 0.3) is 17.1 Å². The van der Waals surface area contributed by atoms with Crippen molar-refractivity contribution < 1.29 is 0 Å². The molecule has 1 heterocycles. The molecule has 0 radical (unpaired) electrons. The van der Waals surface area contributed by atoms with Crippen LogP contribution in [0.1, 0.15) is 31.9 Å². The Bertz CT molecular complexity index is 1160. The van der Waals surface area contributed by atoms with E-state index in [9.17, 15) is 0 Å². The first-order valence-corrected chi connectivity index (χ1v) is 11.8. The van der Waals surface area contributed by atoms with Gasteiger partial charge >= 0.3 is 0 Å². The van der Waals surface area contributed by atoms with Crippen LogP contribution in [-0.4, -0.2) is 14.8 Å². The van der Waals surface area contributed by atoms with Crippen LogP contribution in [0.5, 0.6) is 0 Å². The molecule has 31 heavy (non-hydrogen) atoms. The van der Waals surface area contributed by atoms with Crippen LogP contribution in [0.15, 0.2) is 78.0 Å². The standard InChI is InChI=1S/C25H23Cl2N3S/c1-25(2,3)18-14-12-17(13-15-18)23-28-29-24(30(23)19-8-5-4-6-9-19)31-16-20-21(26)10-7-11-22(20)27/h4-15H,16H2,1-3H3. The molecular weight excluding hydrogens is 445 g/mol. The molecule has 4 rings (SSSR count). The normalized spacial score (nSPS) is 11.6. The van der Waals surface area contributed by atoms with Crippen molar-refractivity contribution in [3.05, 3.63) is 94.0 Å². The number of aromatic nitrogens is 3. The number of halogens is 2. The lowest BCUT2D eigenvalue weighted by molar-refractivity contribution is 0.590. The zero-order valence-corrected chi connectivity index (χ0v) is 20.0. The summed E-state index contributed by atoms with van der Waals surface area (Å²) < 4.78 is 2.08. The van der Waals surface area contributed by atoms with Crippen molar-refractivity contribution >= 4 is 35.0 Å². The van der Waals surface area contributed by atoms with E-state index < -0.39 is 0 Å². The Balaban J connectivity index is 1.73. The van der Waals surface area contributed by atoms with Crippen molar-refractivity contribution in [2.75, 3.05) is 0 Å². The minimum atomic E-state index is 0.0981. The summed E-state index contributed by atoms with van der Waals surface area (Å²) in [5.74, 6) is 1.41. The van der Waals surface area contributed by atoms with E-state index in [-0.39, 0.29) is 5.41 Å². The molecule has 3 aromatic carbocycles. The van der Waals surface area contributed by atoms with Gasteiger partial charge in [-0.25, -0.2) is 0 Å². The minimum Gasteiger partial charge on any atom is -0.270 e. The second-order valence-electron chi connectivity index (χ2n) is 8.29. The highest BCUT2D eigenvalue weighted by atomic mass is 35.5. The summed E-state index contributed by atoms with van der Waals surface area (Å²) in [7, 11) is 0. The van der Waals surface area contributed by atoms with Gasteiger partial charge in [0.15, 0.2) is 11.0 Å². The third-order valence-electron chi connectivity index (χ3n) is 5.06. The molecule has 0 spiro atoms. The van der Waals surface area contributed by atoms with Gasteiger partial charge in [-0.05, 0) is 40.8 Å². The maximum atomic E-state index is 6.36. The highest BCUT2D eigenvalue weighted by Gasteiger charge is 2.19. The average molecular weight is 468 g/mol. The molecule has 0 aliphatic heterocycles. The lowest BCUT2D eigenvalue weighted by Crippen LogP contribution is -2.10. The van der Waals surface area contributed by atoms with Gasteiger partial charge in [-0.1, -0.05) is 104 Å². The van der Waals surface area contributed by atoms with E-state index in [1.165, 1.54) is 5.56 Å². The van der Waals surface area contributed by atoms with Crippen molar-refractivity contribution in [3.8, 4) is 17.1 Å². The van der Waals surface area contributed by atoms with Crippen LogP contribution in [0, 0.1) is 0 Å². The van der Waals surface area contributed by atoms with Crippen LogP contribution in [0.4, 0.5) is 0 Å². The van der Waals surface area contributed by atoms with Crippen molar-refractivity contribution in [2.45, 2.75) is 37.1 Å². The number of hydrogen-bond acceptors (Lipinski definition) is 3. The van der Waals surface area contributed by atoms with Crippen LogP contribution >= 0.6 is 35.0 Å². The van der Waals surface area contributed by atoms with E-state index in [4.69, 9.17) is 23.2 Å². The van der Waals surface area contributed by atoms with Crippen LogP contribution < -0.4 is 0 Å². The van der Waals surface area contributed by atoms with E-state index in [0.29, 0.717) is 15.8 Å². The number of nitrogens with zero attached hydrogens (tertiary/aromatic N) is 3. The zero-order valence-electron chi connectivity index (χ0n) is 17.6. The van der Waals surface area contributed by atoms with Gasteiger partial charge in [-0.3, -0.25) is 4.57 Å². The average Bonchev–Trinajstić information content (AvgIpc) is 3.17. The van der Waals surface area contributed by atoms with E-state index >= 15 is 0 Å². The van der Waals surface area contributed by atoms with Gasteiger partial charge in [0.25, 0.3) is 0 Å².